The molecule has 0 spiro atoms. The van der Waals surface area contributed by atoms with E-state index in [1.165, 1.54) is 31.5 Å². The van der Waals surface area contributed by atoms with Crippen molar-refractivity contribution in [2.24, 2.45) is 0 Å². The Labute approximate surface area is 288 Å². The maximum atomic E-state index is 4.66. The average Bonchev–Trinajstić information content (AvgIpc) is 3.49. The molecule has 8 heteroatoms. The molecule has 0 aliphatic heterocycles. The Balaban J connectivity index is 1.27. The first-order chi connectivity index (χ1) is 23.8. The summed E-state index contributed by atoms with van der Waals surface area (Å²) in [6.07, 6.45) is 6.87. The zero-order chi connectivity index (χ0) is 33.6. The van der Waals surface area contributed by atoms with Gasteiger partial charge in [-0.1, -0.05) is 132 Å². The fraction of sp³-hybridized carbons (Fsp3) is 0.0976. The third kappa shape index (κ3) is 5.48. The van der Waals surface area contributed by atoms with Crippen molar-refractivity contribution in [2.45, 2.75) is 26.2 Å². The van der Waals surface area contributed by atoms with Gasteiger partial charge in [0.05, 0.1) is 22.4 Å². The van der Waals surface area contributed by atoms with Gasteiger partial charge in [0.15, 0.2) is 0 Å². The topological polar surface area (TPSA) is 69.4 Å². The van der Waals surface area contributed by atoms with Crippen molar-refractivity contribution in [1.29, 1.82) is 0 Å². The molecule has 4 aromatic heterocycles. The van der Waals surface area contributed by atoms with Crippen LogP contribution in [-0.4, -0.2) is 45.6 Å². The largest absolute Gasteiger partial charge is 0.278 e. The summed E-state index contributed by atoms with van der Waals surface area (Å²) in [6, 6.07) is 43.9. The molecule has 0 fully saturated rings. The van der Waals surface area contributed by atoms with Crippen molar-refractivity contribution >= 4 is 58.7 Å². The zero-order valence-electron chi connectivity index (χ0n) is 28.0. The second kappa shape index (κ2) is 12.1. The lowest BCUT2D eigenvalue weighted by Crippen LogP contribution is -2.52. The van der Waals surface area contributed by atoms with Crippen LogP contribution in [0.25, 0.3) is 50.3 Å². The summed E-state index contributed by atoms with van der Waals surface area (Å²) >= 11 is 0. The van der Waals surface area contributed by atoms with Crippen LogP contribution in [0.1, 0.15) is 0 Å². The Morgan fingerprint density at radius 2 is 0.918 bits per heavy atom. The lowest BCUT2D eigenvalue weighted by molar-refractivity contribution is 0.940. The number of aromatic nitrogens is 6. The molecule has 6 nitrogen and oxygen atoms in total. The summed E-state index contributed by atoms with van der Waals surface area (Å²) in [5.41, 5.74) is 6.48. The Bertz CT molecular complexity index is 2290. The van der Waals surface area contributed by atoms with Crippen LogP contribution in [0.2, 0.25) is 26.2 Å². The molecular formula is C41H36N6Si2. The van der Waals surface area contributed by atoms with Gasteiger partial charge >= 0.3 is 0 Å². The van der Waals surface area contributed by atoms with E-state index in [-0.39, 0.29) is 0 Å². The highest BCUT2D eigenvalue weighted by Gasteiger charge is 2.30. The van der Waals surface area contributed by atoms with Crippen molar-refractivity contribution in [2.75, 3.05) is 0 Å². The minimum absolute atomic E-state index is 0.623. The van der Waals surface area contributed by atoms with Gasteiger partial charge in [0.25, 0.3) is 0 Å². The monoisotopic (exact) mass is 668 g/mol. The number of nitrogens with zero attached hydrogens (tertiary/aromatic N) is 6. The zero-order valence-corrected chi connectivity index (χ0v) is 30.0. The number of hydrogen-bond donors (Lipinski definition) is 0. The standard InChI is InChI=1S/C41H36N6Si2/c1-48(2,31-13-9-11-29(23-31)37-15-5-7-21-43-37)33-17-19-35-36-20-18-34(26-40(36)47(39(35)25-33)41-45-27-42-28-46-41)49(3,4)32-14-10-12-30(24-32)38-16-6-8-22-44-38/h5-28H,1-4H3. The molecule has 0 saturated carbocycles. The van der Waals surface area contributed by atoms with Crippen molar-refractivity contribution in [1.82, 2.24) is 29.5 Å². The van der Waals surface area contributed by atoms with E-state index in [1.54, 1.807) is 12.7 Å². The van der Waals surface area contributed by atoms with Crippen LogP contribution in [0.3, 0.4) is 0 Å². The molecule has 0 aliphatic rings. The number of pyridine rings is 2. The van der Waals surface area contributed by atoms with E-state index >= 15 is 0 Å². The molecule has 49 heavy (non-hydrogen) atoms. The quantitative estimate of drug-likeness (QED) is 0.176. The number of hydrogen-bond acceptors (Lipinski definition) is 5. The van der Waals surface area contributed by atoms with Crippen LogP contribution in [0.5, 0.6) is 0 Å². The summed E-state index contributed by atoms with van der Waals surface area (Å²) in [4.78, 5) is 22.7. The summed E-state index contributed by atoms with van der Waals surface area (Å²) in [5, 5.41) is 7.79. The van der Waals surface area contributed by atoms with Gasteiger partial charge in [0, 0.05) is 23.2 Å². The SMILES string of the molecule is C[Si](C)(c1cccc(-c2ccccn2)c1)c1ccc2c3ccc([Si](C)(C)c4cccc(-c5ccccn5)c4)cc3n(-c3ncncn3)c2c1. The summed E-state index contributed by atoms with van der Waals surface area (Å²) in [7, 11) is -4.24. The second-order valence-corrected chi connectivity index (χ2v) is 22.4. The molecule has 8 rings (SSSR count). The van der Waals surface area contributed by atoms with Gasteiger partial charge in [-0.15, -0.1) is 0 Å². The third-order valence-corrected chi connectivity index (χ3v) is 17.0. The van der Waals surface area contributed by atoms with E-state index in [0.29, 0.717) is 5.95 Å². The van der Waals surface area contributed by atoms with Crippen LogP contribution >= 0.6 is 0 Å². The van der Waals surface area contributed by atoms with Gasteiger partial charge in [-0.05, 0) is 47.5 Å². The molecule has 0 aliphatic carbocycles. The highest BCUT2D eigenvalue weighted by atomic mass is 28.3. The smallest absolute Gasteiger partial charge is 0.237 e. The predicted molar refractivity (Wildman–Crippen MR) is 207 cm³/mol. The molecule has 0 unspecified atom stereocenters. The van der Waals surface area contributed by atoms with Gasteiger partial charge in [-0.25, -0.2) is 15.0 Å². The van der Waals surface area contributed by atoms with Crippen LogP contribution in [0.15, 0.2) is 146 Å². The molecule has 0 N–H and O–H groups in total. The molecule has 0 atom stereocenters. The van der Waals surface area contributed by atoms with E-state index in [0.717, 1.165) is 33.5 Å². The number of fused-ring (bicyclic) bond motifs is 3. The van der Waals surface area contributed by atoms with Gasteiger partial charge in [-0.3, -0.25) is 14.5 Å². The normalized spacial score (nSPS) is 12.1. The molecular weight excluding hydrogens is 633 g/mol. The van der Waals surface area contributed by atoms with Gasteiger partial charge in [0.2, 0.25) is 5.95 Å². The Morgan fingerprint density at radius 3 is 1.37 bits per heavy atom. The minimum atomic E-state index is -2.12. The predicted octanol–water partition coefficient (Wildman–Crippen LogP) is 6.74. The molecule has 238 valence electrons. The summed E-state index contributed by atoms with van der Waals surface area (Å²) < 4.78 is 2.23. The van der Waals surface area contributed by atoms with Crippen LogP contribution in [0, 0.1) is 0 Å². The second-order valence-electron chi connectivity index (χ2n) is 13.6. The molecule has 4 aromatic carbocycles. The Hall–Kier alpha value is -5.58. The highest BCUT2D eigenvalue weighted by Crippen LogP contribution is 2.31. The maximum Gasteiger partial charge on any atom is 0.237 e. The molecule has 0 bridgehead atoms. The lowest BCUT2D eigenvalue weighted by Gasteiger charge is -2.25. The fourth-order valence-corrected chi connectivity index (χ4v) is 11.6. The van der Waals surface area contributed by atoms with Crippen molar-refractivity contribution < 1.29 is 0 Å². The van der Waals surface area contributed by atoms with Crippen molar-refractivity contribution in [3.05, 3.63) is 146 Å². The molecule has 4 heterocycles. The van der Waals surface area contributed by atoms with Crippen LogP contribution in [0.4, 0.5) is 0 Å². The Kier molecular flexibility index (Phi) is 7.62. The van der Waals surface area contributed by atoms with E-state index < -0.39 is 16.1 Å². The average molecular weight is 669 g/mol. The van der Waals surface area contributed by atoms with E-state index in [9.17, 15) is 0 Å². The van der Waals surface area contributed by atoms with Gasteiger partial charge in [-0.2, -0.15) is 0 Å². The van der Waals surface area contributed by atoms with Gasteiger partial charge < -0.3 is 0 Å². The molecule has 0 radical (unpaired) electrons. The minimum Gasteiger partial charge on any atom is -0.278 e. The maximum absolute atomic E-state index is 4.66. The van der Waals surface area contributed by atoms with Crippen LogP contribution in [-0.2, 0) is 0 Å². The number of benzene rings is 4. The van der Waals surface area contributed by atoms with Crippen molar-refractivity contribution in [3.8, 4) is 28.5 Å². The van der Waals surface area contributed by atoms with E-state index in [1.807, 2.05) is 36.7 Å². The van der Waals surface area contributed by atoms with E-state index in [2.05, 4.69) is 153 Å². The first-order valence-electron chi connectivity index (χ1n) is 16.6. The highest BCUT2D eigenvalue weighted by molar-refractivity contribution is 7.01. The summed E-state index contributed by atoms with van der Waals surface area (Å²) in [6.45, 7) is 9.69. The number of rotatable bonds is 7. The first-order valence-corrected chi connectivity index (χ1v) is 22.6. The first kappa shape index (κ1) is 30.7. The molecule has 0 saturated heterocycles. The Morgan fingerprint density at radius 1 is 0.449 bits per heavy atom. The van der Waals surface area contributed by atoms with E-state index in [4.69, 9.17) is 0 Å². The third-order valence-electron chi connectivity index (χ3n) is 9.98. The molecule has 0 amide bonds. The summed E-state index contributed by atoms with van der Waals surface area (Å²) in [5.74, 6) is 0.623. The van der Waals surface area contributed by atoms with Crippen LogP contribution < -0.4 is 20.7 Å². The van der Waals surface area contributed by atoms with Gasteiger partial charge in [0.1, 0.15) is 28.8 Å². The molecule has 8 aromatic rings. The fourth-order valence-electron chi connectivity index (χ4n) is 6.90. The van der Waals surface area contributed by atoms with Crippen molar-refractivity contribution in [3.63, 3.8) is 0 Å². The lowest BCUT2D eigenvalue weighted by atomic mass is 10.1.